The molecule has 2 heteroatoms. The maximum absolute atomic E-state index is 5.19. The third-order valence-corrected chi connectivity index (χ3v) is 4.81. The maximum atomic E-state index is 5.19. The van der Waals surface area contributed by atoms with Crippen LogP contribution in [0.5, 0.6) is 5.75 Å². The highest BCUT2D eigenvalue weighted by Crippen LogP contribution is 2.23. The molecule has 0 amide bonds. The molecule has 1 nitrogen and oxygen atoms in total. The lowest BCUT2D eigenvalue weighted by Crippen LogP contribution is -1.85. The largest absolute Gasteiger partial charge is 0.496 e. The van der Waals surface area contributed by atoms with Gasteiger partial charge in [-0.3, -0.25) is 0 Å². The highest BCUT2D eigenvalue weighted by Gasteiger charge is 1.97. The van der Waals surface area contributed by atoms with Gasteiger partial charge in [-0.15, -0.1) is 11.8 Å². The molecule has 0 fully saturated rings. The van der Waals surface area contributed by atoms with Gasteiger partial charge >= 0.3 is 0 Å². The standard InChI is InChI=1S/C19H31OS/c1-3-4-5-6-7-8-9-10-11-12-16-21-19-15-13-14-18(17-19)20-2/h13,15,17H,3-12,16H2,1-2H3. The van der Waals surface area contributed by atoms with E-state index >= 15 is 0 Å². The van der Waals surface area contributed by atoms with E-state index < -0.39 is 0 Å². The zero-order chi connectivity index (χ0) is 15.2. The van der Waals surface area contributed by atoms with Crippen molar-refractivity contribution in [3.8, 4) is 5.75 Å². The number of thioether (sulfide) groups is 1. The number of rotatable bonds is 13. The lowest BCUT2D eigenvalue weighted by atomic mass is 10.1. The van der Waals surface area contributed by atoms with Crippen LogP contribution in [0.15, 0.2) is 23.1 Å². The number of benzene rings is 1. The van der Waals surface area contributed by atoms with Gasteiger partial charge in [0, 0.05) is 11.0 Å². The molecule has 1 aromatic rings. The van der Waals surface area contributed by atoms with Gasteiger partial charge in [-0.1, -0.05) is 64.7 Å². The van der Waals surface area contributed by atoms with Crippen LogP contribution >= 0.6 is 11.8 Å². The van der Waals surface area contributed by atoms with Crippen LogP contribution in [0.4, 0.5) is 0 Å². The molecule has 119 valence electrons. The van der Waals surface area contributed by atoms with Crippen LogP contribution in [0.2, 0.25) is 0 Å². The van der Waals surface area contributed by atoms with Crippen molar-refractivity contribution in [3.63, 3.8) is 0 Å². The molecule has 0 aliphatic rings. The second-order valence-corrected chi connectivity index (χ2v) is 6.79. The van der Waals surface area contributed by atoms with Gasteiger partial charge in [-0.2, -0.15) is 0 Å². The fourth-order valence-electron chi connectivity index (χ4n) is 2.41. The molecule has 0 N–H and O–H groups in total. The first kappa shape index (κ1) is 18.4. The minimum Gasteiger partial charge on any atom is -0.496 e. The Morgan fingerprint density at radius 1 is 0.952 bits per heavy atom. The maximum Gasteiger partial charge on any atom is 0.127 e. The van der Waals surface area contributed by atoms with Crippen molar-refractivity contribution >= 4 is 11.8 Å². The van der Waals surface area contributed by atoms with Crippen LogP contribution < -0.4 is 4.74 Å². The average Bonchev–Trinajstić information content (AvgIpc) is 2.53. The molecule has 21 heavy (non-hydrogen) atoms. The van der Waals surface area contributed by atoms with Gasteiger partial charge in [0.2, 0.25) is 0 Å². The lowest BCUT2D eigenvalue weighted by molar-refractivity contribution is 0.413. The van der Waals surface area contributed by atoms with E-state index in [1.807, 2.05) is 17.8 Å². The summed E-state index contributed by atoms with van der Waals surface area (Å²) in [5.74, 6) is 2.05. The summed E-state index contributed by atoms with van der Waals surface area (Å²) in [6.45, 7) is 2.28. The summed E-state index contributed by atoms with van der Waals surface area (Å²) in [6.07, 6.45) is 14.0. The van der Waals surface area contributed by atoms with Crippen molar-refractivity contribution in [1.29, 1.82) is 0 Å². The van der Waals surface area contributed by atoms with Crippen LogP contribution in [-0.2, 0) is 0 Å². The van der Waals surface area contributed by atoms with Crippen molar-refractivity contribution in [3.05, 3.63) is 24.3 Å². The SMILES string of the molecule is CCCCCCCCCCCCSc1cc[c]c(OC)c1. The van der Waals surface area contributed by atoms with Crippen molar-refractivity contribution in [2.24, 2.45) is 0 Å². The van der Waals surface area contributed by atoms with Crippen molar-refractivity contribution in [2.75, 3.05) is 12.9 Å². The molecule has 1 radical (unpaired) electrons. The van der Waals surface area contributed by atoms with Gasteiger partial charge in [-0.25, -0.2) is 0 Å². The normalized spacial score (nSPS) is 10.8. The Kier molecular flexibility index (Phi) is 11.5. The Bertz CT molecular complexity index is 351. The van der Waals surface area contributed by atoms with Gasteiger partial charge in [0.1, 0.15) is 5.75 Å². The predicted molar refractivity (Wildman–Crippen MR) is 94.4 cm³/mol. The summed E-state index contributed by atoms with van der Waals surface area (Å²) < 4.78 is 5.19. The summed E-state index contributed by atoms with van der Waals surface area (Å²) in [5.41, 5.74) is 0. The Morgan fingerprint density at radius 3 is 2.19 bits per heavy atom. The van der Waals surface area contributed by atoms with E-state index in [0.717, 1.165) is 5.75 Å². The topological polar surface area (TPSA) is 9.23 Å². The second-order valence-electron chi connectivity index (χ2n) is 5.62. The molecule has 0 aromatic heterocycles. The summed E-state index contributed by atoms with van der Waals surface area (Å²) >= 11 is 1.93. The van der Waals surface area contributed by atoms with Crippen LogP contribution in [0, 0.1) is 6.07 Å². The monoisotopic (exact) mass is 307 g/mol. The molecule has 0 saturated heterocycles. The summed E-state index contributed by atoms with van der Waals surface area (Å²) in [7, 11) is 1.70. The lowest BCUT2D eigenvalue weighted by Gasteiger charge is -2.04. The Hall–Kier alpha value is -0.630. The number of hydrogen-bond acceptors (Lipinski definition) is 2. The third kappa shape index (κ3) is 9.84. The minimum atomic E-state index is 0.836. The second kappa shape index (κ2) is 13.1. The quantitative estimate of drug-likeness (QED) is 0.303. The van der Waals surface area contributed by atoms with Crippen LogP contribution in [0.25, 0.3) is 0 Å². The molecule has 0 atom stereocenters. The first-order valence-corrected chi connectivity index (χ1v) is 9.54. The fourth-order valence-corrected chi connectivity index (χ4v) is 3.35. The van der Waals surface area contributed by atoms with Crippen LogP contribution in [0.3, 0.4) is 0 Å². The van der Waals surface area contributed by atoms with Gasteiger partial charge < -0.3 is 4.74 Å². The molecule has 0 spiro atoms. The summed E-state index contributed by atoms with van der Waals surface area (Å²) in [5, 5.41) is 0. The van der Waals surface area contributed by atoms with Crippen LogP contribution in [-0.4, -0.2) is 12.9 Å². The molecule has 0 saturated carbocycles. The predicted octanol–water partition coefficient (Wildman–Crippen LogP) is 6.51. The van der Waals surface area contributed by atoms with E-state index in [4.69, 9.17) is 4.74 Å². The highest BCUT2D eigenvalue weighted by molar-refractivity contribution is 7.99. The Balaban J connectivity index is 1.90. The van der Waals surface area contributed by atoms with Gasteiger partial charge in [0.25, 0.3) is 0 Å². The fraction of sp³-hybridized carbons (Fsp3) is 0.684. The van der Waals surface area contributed by atoms with Gasteiger partial charge in [0.15, 0.2) is 0 Å². The molecule has 0 heterocycles. The molecular weight excluding hydrogens is 276 g/mol. The van der Waals surface area contributed by atoms with Gasteiger partial charge in [0.05, 0.1) is 7.11 Å². The van der Waals surface area contributed by atoms with E-state index in [1.54, 1.807) is 7.11 Å². The van der Waals surface area contributed by atoms with Crippen LogP contribution in [0.1, 0.15) is 71.1 Å². The molecule has 0 bridgehead atoms. The van der Waals surface area contributed by atoms with E-state index in [0.29, 0.717) is 0 Å². The Labute approximate surface area is 135 Å². The molecule has 0 unspecified atom stereocenters. The molecule has 1 rings (SSSR count). The van der Waals surface area contributed by atoms with E-state index in [2.05, 4.69) is 25.1 Å². The number of ether oxygens (including phenoxy) is 1. The van der Waals surface area contributed by atoms with E-state index in [-0.39, 0.29) is 0 Å². The molecular formula is C19H31OS. The summed E-state index contributed by atoms with van der Waals surface area (Å²) in [4.78, 5) is 1.29. The number of methoxy groups -OCH3 is 1. The first-order valence-electron chi connectivity index (χ1n) is 8.55. The third-order valence-electron chi connectivity index (χ3n) is 3.73. The zero-order valence-corrected chi connectivity index (χ0v) is 14.6. The Morgan fingerprint density at radius 2 is 1.57 bits per heavy atom. The highest BCUT2D eigenvalue weighted by atomic mass is 32.2. The molecule has 0 aliphatic heterocycles. The average molecular weight is 308 g/mol. The van der Waals surface area contributed by atoms with E-state index in [1.165, 1.54) is 74.9 Å². The molecule has 0 aliphatic carbocycles. The number of unbranched alkanes of at least 4 members (excludes halogenated alkanes) is 9. The van der Waals surface area contributed by atoms with Crippen molar-refractivity contribution in [1.82, 2.24) is 0 Å². The molecule has 1 aromatic carbocycles. The summed E-state index contributed by atoms with van der Waals surface area (Å²) in [6, 6.07) is 9.19. The smallest absolute Gasteiger partial charge is 0.127 e. The minimum absolute atomic E-state index is 0.836. The number of hydrogen-bond donors (Lipinski definition) is 0. The van der Waals surface area contributed by atoms with Crippen molar-refractivity contribution in [2.45, 2.75) is 76.0 Å². The van der Waals surface area contributed by atoms with Crippen molar-refractivity contribution < 1.29 is 4.74 Å². The zero-order valence-electron chi connectivity index (χ0n) is 13.8. The first-order chi connectivity index (χ1) is 10.4. The van der Waals surface area contributed by atoms with E-state index in [9.17, 15) is 0 Å². The van der Waals surface area contributed by atoms with Gasteiger partial charge in [-0.05, 0) is 30.4 Å².